The summed E-state index contributed by atoms with van der Waals surface area (Å²) in [6.07, 6.45) is 12.1. The minimum Gasteiger partial charge on any atom is -0.477 e. The molecule has 0 spiro atoms. The maximum absolute atomic E-state index is 12.6. The molecule has 4 aromatic heterocycles. The number of primary sulfonamides is 1. The highest BCUT2D eigenvalue weighted by Crippen LogP contribution is 2.43. The number of sulfonamides is 2. The summed E-state index contributed by atoms with van der Waals surface area (Å²) in [5.74, 6) is 0.216. The number of rotatable bonds is 15. The van der Waals surface area contributed by atoms with Crippen LogP contribution in [-0.4, -0.2) is 66.8 Å². The third-order valence-electron chi connectivity index (χ3n) is 10.8. The number of hydrogen-bond donors (Lipinski definition) is 7. The highest BCUT2D eigenvalue weighted by molar-refractivity contribution is 7.90. The van der Waals surface area contributed by atoms with Gasteiger partial charge in [-0.1, -0.05) is 63.0 Å². The molecule has 2 saturated carbocycles. The highest BCUT2D eigenvalue weighted by Gasteiger charge is 2.31. The van der Waals surface area contributed by atoms with Gasteiger partial charge in [0.25, 0.3) is 37.1 Å². The first-order chi connectivity index (χ1) is 29.4. The van der Waals surface area contributed by atoms with E-state index in [0.717, 1.165) is 49.8 Å². The van der Waals surface area contributed by atoms with Crippen LogP contribution in [0.3, 0.4) is 0 Å². The summed E-state index contributed by atoms with van der Waals surface area (Å²) in [5.41, 5.74) is -1.21. The average molecular weight is 952 g/mol. The lowest BCUT2D eigenvalue weighted by atomic mass is 9.89. The number of H-pyrrole nitrogens is 2. The fourth-order valence-corrected chi connectivity index (χ4v) is 9.40. The topological polar surface area (TPSA) is 276 Å². The number of nitrogens with zero attached hydrogens (tertiary/aromatic N) is 2. The third-order valence-corrected chi connectivity index (χ3v) is 13.3. The monoisotopic (exact) mass is 950 g/mol. The molecule has 2 fully saturated rings. The quantitative estimate of drug-likeness (QED) is 0.0466. The zero-order valence-corrected chi connectivity index (χ0v) is 38.8. The number of halogens is 2. The number of aromatic nitrogens is 4. The fourth-order valence-electron chi connectivity index (χ4n) is 7.68. The maximum Gasteiger partial charge on any atom is 0.341 e. The van der Waals surface area contributed by atoms with Crippen molar-refractivity contribution in [2.24, 2.45) is 27.8 Å². The van der Waals surface area contributed by atoms with Gasteiger partial charge in [-0.15, -0.1) is 0 Å². The first-order valence-corrected chi connectivity index (χ1v) is 24.2. The normalized spacial score (nSPS) is 17.6. The highest BCUT2D eigenvalue weighted by atomic mass is 35.5. The van der Waals surface area contributed by atoms with Crippen molar-refractivity contribution in [3.8, 4) is 0 Å². The number of nitrogens with one attached hydrogen (secondary N) is 5. The largest absolute Gasteiger partial charge is 0.477 e. The van der Waals surface area contributed by atoms with E-state index < -0.39 is 43.0 Å². The van der Waals surface area contributed by atoms with Crippen LogP contribution < -0.4 is 31.6 Å². The molecule has 2 atom stereocenters. The summed E-state index contributed by atoms with van der Waals surface area (Å²) in [6, 6.07) is 14.2. The minimum absolute atomic E-state index is 0.0430. The molecule has 2 aliphatic carbocycles. The SMILES string of the molecule is CC1(C)CC[C@@H](CCCNc2cccc(S(=O)(=O)NC(=O)c3ccc(Cl)[nH]c3=O)n2)C1.CC1(C)CC[C@@H](CCCNc2cccc(S(N)(=O)=O)n2)C1.O=C(O)c1ccc(Cl)[nH]c1=O. The van der Waals surface area contributed by atoms with Gasteiger partial charge in [-0.05, 0) is 135 Å². The van der Waals surface area contributed by atoms with Gasteiger partial charge in [0.1, 0.15) is 33.1 Å². The van der Waals surface area contributed by atoms with Crippen molar-refractivity contribution in [2.45, 2.75) is 102 Å². The Hall–Kier alpha value is -4.82. The summed E-state index contributed by atoms with van der Waals surface area (Å²) in [7, 11) is -7.98. The smallest absolute Gasteiger partial charge is 0.341 e. The van der Waals surface area contributed by atoms with E-state index in [-0.39, 0.29) is 31.5 Å². The lowest BCUT2D eigenvalue weighted by Crippen LogP contribution is -2.34. The summed E-state index contributed by atoms with van der Waals surface area (Å²) >= 11 is 11.0. The van der Waals surface area contributed by atoms with Crippen LogP contribution in [0.5, 0.6) is 0 Å². The average Bonchev–Trinajstić information content (AvgIpc) is 3.73. The lowest BCUT2D eigenvalue weighted by Gasteiger charge is -2.17. The van der Waals surface area contributed by atoms with Gasteiger partial charge in [-0.3, -0.25) is 14.4 Å². The molecule has 63 heavy (non-hydrogen) atoms. The molecule has 8 N–H and O–H groups in total. The Morgan fingerprint density at radius 3 is 1.59 bits per heavy atom. The molecule has 4 aromatic rings. The van der Waals surface area contributed by atoms with Crippen molar-refractivity contribution in [1.82, 2.24) is 24.7 Å². The van der Waals surface area contributed by atoms with Crippen LogP contribution in [0.25, 0.3) is 0 Å². The Bertz CT molecular complexity index is 2570. The van der Waals surface area contributed by atoms with Crippen LogP contribution >= 0.6 is 23.2 Å². The molecule has 0 saturated heterocycles. The molecule has 344 valence electrons. The number of carboxylic acids is 1. The molecular formula is C42H56Cl2N8O9S2. The van der Waals surface area contributed by atoms with Crippen molar-refractivity contribution < 1.29 is 31.5 Å². The number of amides is 1. The van der Waals surface area contributed by atoms with Crippen LogP contribution in [-0.2, 0) is 20.0 Å². The second-order valence-corrected chi connectivity index (χ2v) is 21.2. The van der Waals surface area contributed by atoms with Gasteiger partial charge in [0.15, 0.2) is 10.1 Å². The van der Waals surface area contributed by atoms with E-state index in [1.165, 1.54) is 69.2 Å². The summed E-state index contributed by atoms with van der Waals surface area (Å²) in [5, 5.41) is 19.5. The van der Waals surface area contributed by atoms with Gasteiger partial charge in [-0.25, -0.2) is 33.0 Å². The zero-order chi connectivity index (χ0) is 46.6. The van der Waals surface area contributed by atoms with Crippen molar-refractivity contribution in [3.63, 3.8) is 0 Å². The molecule has 0 unspecified atom stereocenters. The summed E-state index contributed by atoms with van der Waals surface area (Å²) < 4.78 is 49.4. The number of carboxylic acid groups (broad SMARTS) is 1. The Labute approximate surface area is 377 Å². The number of aromatic amines is 2. The van der Waals surface area contributed by atoms with Gasteiger partial charge in [-0.2, -0.15) is 8.42 Å². The number of aromatic carboxylic acids is 1. The Kier molecular flexibility index (Phi) is 17.9. The molecule has 17 nitrogen and oxygen atoms in total. The summed E-state index contributed by atoms with van der Waals surface area (Å²) in [6.45, 7) is 10.8. The van der Waals surface area contributed by atoms with Crippen molar-refractivity contribution >= 4 is 66.8 Å². The maximum atomic E-state index is 12.6. The molecule has 0 aliphatic heterocycles. The fraction of sp³-hybridized carbons (Fsp3) is 0.476. The first kappa shape index (κ1) is 50.8. The van der Waals surface area contributed by atoms with Crippen LogP contribution in [0.4, 0.5) is 11.6 Å². The van der Waals surface area contributed by atoms with E-state index in [2.05, 4.69) is 58.3 Å². The minimum atomic E-state index is -4.25. The zero-order valence-electron chi connectivity index (χ0n) is 35.7. The number of pyridine rings is 4. The van der Waals surface area contributed by atoms with E-state index in [0.29, 0.717) is 29.0 Å². The number of nitrogens with two attached hydrogens (primary N) is 1. The van der Waals surface area contributed by atoms with Gasteiger partial charge in [0, 0.05) is 13.1 Å². The molecule has 0 radical (unpaired) electrons. The van der Waals surface area contributed by atoms with E-state index in [1.54, 1.807) is 24.3 Å². The molecule has 6 rings (SSSR count). The van der Waals surface area contributed by atoms with Gasteiger partial charge in [0.05, 0.1) is 0 Å². The van der Waals surface area contributed by atoms with E-state index >= 15 is 0 Å². The molecular weight excluding hydrogens is 896 g/mol. The van der Waals surface area contributed by atoms with E-state index in [9.17, 15) is 36.0 Å². The molecule has 1 amide bonds. The molecule has 0 aromatic carbocycles. The van der Waals surface area contributed by atoms with Crippen molar-refractivity contribution in [3.05, 3.63) is 103 Å². The molecule has 2 aliphatic rings. The standard InChI is InChI=1S/C21H27ClN4O4S.C15H25N3O2S.C6H4ClNO3/c1-21(2)11-10-14(13-21)5-4-12-23-17-6-3-7-18(25-17)31(29,30)26-20(28)15-8-9-16(22)24-19(15)27;1-15(2)9-8-12(11-15)5-4-10-17-13-6-3-7-14(18-13)21(16,19)20;7-4-2-1-3(6(10)11)5(9)8-4/h3,6-9,14H,4-5,10-13H2,1-2H3,(H,23,25)(H,24,27)(H,26,28);3,6-7,12H,4-5,8-11H2,1-2H3,(H,17,18)(H2,16,19,20);1-2H,(H,8,9)(H,10,11)/t14-;12-;/m11./s1. The molecule has 0 bridgehead atoms. The first-order valence-electron chi connectivity index (χ1n) is 20.5. The Morgan fingerprint density at radius 2 is 1.17 bits per heavy atom. The van der Waals surface area contributed by atoms with Crippen LogP contribution in [0, 0.1) is 22.7 Å². The number of carbonyl (C=O) groups excluding carboxylic acids is 1. The Balaban J connectivity index is 0.000000233. The molecule has 4 heterocycles. The predicted molar refractivity (Wildman–Crippen MR) is 243 cm³/mol. The molecule has 21 heteroatoms. The van der Waals surface area contributed by atoms with Crippen LogP contribution in [0.2, 0.25) is 10.3 Å². The van der Waals surface area contributed by atoms with Crippen molar-refractivity contribution in [2.75, 3.05) is 23.7 Å². The van der Waals surface area contributed by atoms with Crippen LogP contribution in [0.15, 0.2) is 80.3 Å². The second-order valence-electron chi connectivity index (χ2n) is 17.3. The number of carbonyl (C=O) groups is 2. The Morgan fingerprint density at radius 1 is 0.730 bits per heavy atom. The van der Waals surface area contributed by atoms with Gasteiger partial charge in [0.2, 0.25) is 0 Å². The van der Waals surface area contributed by atoms with Crippen LogP contribution in [0.1, 0.15) is 113 Å². The second kappa shape index (κ2) is 22.2. The van der Waals surface area contributed by atoms with E-state index in [1.807, 2.05) is 4.72 Å². The lowest BCUT2D eigenvalue weighted by molar-refractivity contribution is 0.0694. The van der Waals surface area contributed by atoms with E-state index in [4.69, 9.17) is 33.4 Å². The number of anilines is 2. The van der Waals surface area contributed by atoms with Gasteiger partial charge < -0.3 is 25.7 Å². The number of hydrogen-bond acceptors (Lipinski definition) is 12. The van der Waals surface area contributed by atoms with Gasteiger partial charge >= 0.3 is 5.97 Å². The van der Waals surface area contributed by atoms with Crippen molar-refractivity contribution in [1.29, 1.82) is 0 Å². The summed E-state index contributed by atoms with van der Waals surface area (Å²) in [4.78, 5) is 57.6. The third kappa shape index (κ3) is 16.7. The predicted octanol–water partition coefficient (Wildman–Crippen LogP) is 7.03.